The van der Waals surface area contributed by atoms with E-state index in [0.29, 0.717) is 5.92 Å². The second-order valence-electron chi connectivity index (χ2n) is 5.38. The molecule has 112 valence electrons. The number of urea groups is 1. The van der Waals surface area contributed by atoms with Crippen molar-refractivity contribution in [1.82, 2.24) is 10.6 Å². The molecule has 0 aromatic heterocycles. The fraction of sp³-hybridized carbons (Fsp3) is 0.400. The molecule has 0 spiro atoms. The Morgan fingerprint density at radius 3 is 2.43 bits per heavy atom. The number of imide groups is 1. The van der Waals surface area contributed by atoms with Crippen LogP contribution in [0.3, 0.4) is 0 Å². The zero-order chi connectivity index (χ0) is 15.4. The van der Waals surface area contributed by atoms with E-state index < -0.39 is 12.1 Å². The first-order valence-corrected chi connectivity index (χ1v) is 6.97. The van der Waals surface area contributed by atoms with E-state index in [-0.39, 0.29) is 24.7 Å². The van der Waals surface area contributed by atoms with Crippen molar-refractivity contribution in [2.75, 3.05) is 5.32 Å². The molecule has 1 saturated heterocycles. The molecule has 1 aromatic rings. The van der Waals surface area contributed by atoms with Gasteiger partial charge in [0.15, 0.2) is 0 Å². The highest BCUT2D eigenvalue weighted by atomic mass is 16.2. The summed E-state index contributed by atoms with van der Waals surface area (Å²) < 4.78 is 0. The van der Waals surface area contributed by atoms with Crippen LogP contribution in [0.15, 0.2) is 24.3 Å². The van der Waals surface area contributed by atoms with Gasteiger partial charge in [0.2, 0.25) is 5.91 Å². The predicted octanol–water partition coefficient (Wildman–Crippen LogP) is 1.74. The lowest BCUT2D eigenvalue weighted by molar-refractivity contribution is -0.120. The maximum absolute atomic E-state index is 11.8. The monoisotopic (exact) mass is 289 g/mol. The maximum atomic E-state index is 11.8. The summed E-state index contributed by atoms with van der Waals surface area (Å²) in [6, 6.07) is 6.55. The summed E-state index contributed by atoms with van der Waals surface area (Å²) in [4.78, 5) is 34.1. The fourth-order valence-corrected chi connectivity index (χ4v) is 2.11. The number of rotatable bonds is 5. The van der Waals surface area contributed by atoms with Gasteiger partial charge in [-0.15, -0.1) is 0 Å². The van der Waals surface area contributed by atoms with Crippen LogP contribution in [0.2, 0.25) is 0 Å². The number of amides is 4. The Morgan fingerprint density at radius 2 is 1.90 bits per heavy atom. The Bertz CT molecular complexity index is 552. The number of carbonyl (C=O) groups excluding carboxylic acids is 3. The van der Waals surface area contributed by atoms with Crippen LogP contribution in [0.25, 0.3) is 0 Å². The van der Waals surface area contributed by atoms with Crippen molar-refractivity contribution in [3.05, 3.63) is 29.8 Å². The van der Waals surface area contributed by atoms with Gasteiger partial charge in [0.05, 0.1) is 0 Å². The van der Waals surface area contributed by atoms with Crippen LogP contribution in [-0.2, 0) is 9.59 Å². The molecule has 21 heavy (non-hydrogen) atoms. The van der Waals surface area contributed by atoms with Gasteiger partial charge < -0.3 is 10.6 Å². The van der Waals surface area contributed by atoms with Gasteiger partial charge in [-0.25, -0.2) is 4.79 Å². The van der Waals surface area contributed by atoms with Gasteiger partial charge >= 0.3 is 6.03 Å². The highest BCUT2D eigenvalue weighted by Crippen LogP contribution is 2.17. The largest absolute Gasteiger partial charge is 0.326 e. The highest BCUT2D eigenvalue weighted by molar-refractivity contribution is 6.04. The van der Waals surface area contributed by atoms with E-state index in [1.165, 1.54) is 5.56 Å². The molecule has 2 rings (SSSR count). The van der Waals surface area contributed by atoms with E-state index in [0.717, 1.165) is 5.69 Å². The Labute approximate surface area is 123 Å². The van der Waals surface area contributed by atoms with Gasteiger partial charge in [-0.3, -0.25) is 14.9 Å². The van der Waals surface area contributed by atoms with Crippen molar-refractivity contribution < 1.29 is 14.4 Å². The number of nitrogens with one attached hydrogen (secondary N) is 3. The predicted molar refractivity (Wildman–Crippen MR) is 78.9 cm³/mol. The lowest BCUT2D eigenvalue weighted by Gasteiger charge is -2.09. The lowest BCUT2D eigenvalue weighted by atomic mass is 10.0. The lowest BCUT2D eigenvalue weighted by Crippen LogP contribution is -2.30. The molecule has 6 heteroatoms. The summed E-state index contributed by atoms with van der Waals surface area (Å²) in [5.41, 5.74) is 1.93. The topological polar surface area (TPSA) is 87.3 Å². The number of anilines is 1. The third-order valence-corrected chi connectivity index (χ3v) is 3.38. The number of carbonyl (C=O) groups is 3. The van der Waals surface area contributed by atoms with Crippen molar-refractivity contribution in [2.24, 2.45) is 0 Å². The number of benzene rings is 1. The average molecular weight is 289 g/mol. The normalized spacial score (nSPS) is 17.6. The summed E-state index contributed by atoms with van der Waals surface area (Å²) >= 11 is 0. The smallest absolute Gasteiger partial charge is 0.322 e. The molecular weight excluding hydrogens is 270 g/mol. The average Bonchev–Trinajstić information content (AvgIpc) is 2.75. The molecule has 1 aromatic carbocycles. The second kappa shape index (κ2) is 6.39. The van der Waals surface area contributed by atoms with E-state index in [1.54, 1.807) is 0 Å². The molecule has 0 unspecified atom stereocenters. The van der Waals surface area contributed by atoms with Crippen molar-refractivity contribution in [3.63, 3.8) is 0 Å². The Hall–Kier alpha value is -2.37. The molecule has 1 heterocycles. The molecule has 1 aliphatic rings. The minimum Gasteiger partial charge on any atom is -0.326 e. The first kappa shape index (κ1) is 15.0. The molecule has 4 amide bonds. The van der Waals surface area contributed by atoms with E-state index in [4.69, 9.17) is 0 Å². The van der Waals surface area contributed by atoms with E-state index in [2.05, 4.69) is 29.8 Å². The van der Waals surface area contributed by atoms with Gasteiger partial charge in [0.25, 0.3) is 5.91 Å². The summed E-state index contributed by atoms with van der Waals surface area (Å²) in [6.07, 6.45) is 0.456. The van der Waals surface area contributed by atoms with Crippen LogP contribution >= 0.6 is 0 Å². The quantitative estimate of drug-likeness (QED) is 0.721. The highest BCUT2D eigenvalue weighted by Gasteiger charge is 2.29. The molecule has 1 aliphatic heterocycles. The molecular formula is C15H19N3O3. The Balaban J connectivity index is 1.82. The van der Waals surface area contributed by atoms with Crippen LogP contribution in [0, 0.1) is 0 Å². The Morgan fingerprint density at radius 1 is 1.24 bits per heavy atom. The maximum Gasteiger partial charge on any atom is 0.322 e. The third-order valence-electron chi connectivity index (χ3n) is 3.38. The third kappa shape index (κ3) is 4.05. The summed E-state index contributed by atoms with van der Waals surface area (Å²) in [5.74, 6) is -0.116. The zero-order valence-electron chi connectivity index (χ0n) is 12.1. The first-order valence-electron chi connectivity index (χ1n) is 6.97. The van der Waals surface area contributed by atoms with Crippen molar-refractivity contribution in [2.45, 2.75) is 38.6 Å². The van der Waals surface area contributed by atoms with Crippen LogP contribution in [0.1, 0.15) is 38.2 Å². The molecule has 0 bridgehead atoms. The van der Waals surface area contributed by atoms with Crippen LogP contribution in [0.4, 0.5) is 10.5 Å². The van der Waals surface area contributed by atoms with Crippen molar-refractivity contribution in [3.8, 4) is 0 Å². The van der Waals surface area contributed by atoms with Crippen LogP contribution < -0.4 is 16.0 Å². The summed E-state index contributed by atoms with van der Waals surface area (Å²) in [7, 11) is 0. The van der Waals surface area contributed by atoms with E-state index in [1.807, 2.05) is 24.3 Å². The van der Waals surface area contributed by atoms with Crippen LogP contribution in [0.5, 0.6) is 0 Å². The van der Waals surface area contributed by atoms with Gasteiger partial charge in [-0.1, -0.05) is 26.0 Å². The summed E-state index contributed by atoms with van der Waals surface area (Å²) in [6.45, 7) is 4.21. The van der Waals surface area contributed by atoms with Crippen LogP contribution in [-0.4, -0.2) is 23.9 Å². The fourth-order valence-electron chi connectivity index (χ4n) is 2.11. The van der Waals surface area contributed by atoms with Gasteiger partial charge in [0, 0.05) is 12.1 Å². The zero-order valence-corrected chi connectivity index (χ0v) is 12.1. The first-order chi connectivity index (χ1) is 9.95. The summed E-state index contributed by atoms with van der Waals surface area (Å²) in [5, 5.41) is 7.37. The molecule has 0 aliphatic carbocycles. The van der Waals surface area contributed by atoms with Crippen molar-refractivity contribution >= 4 is 23.5 Å². The standard InChI is InChI=1S/C15H19N3O3/c1-9(2)10-3-5-11(6-4-10)16-13(19)8-7-12-14(20)18-15(21)17-12/h3-6,9,12H,7-8H2,1-2H3,(H,16,19)(H2,17,18,20,21)/t12-/m0/s1. The molecule has 0 saturated carbocycles. The Kier molecular flexibility index (Phi) is 4.57. The molecule has 6 nitrogen and oxygen atoms in total. The second-order valence-corrected chi connectivity index (χ2v) is 5.38. The molecule has 1 atom stereocenters. The minimum atomic E-state index is -0.619. The van der Waals surface area contributed by atoms with Gasteiger partial charge in [-0.2, -0.15) is 0 Å². The SMILES string of the molecule is CC(C)c1ccc(NC(=O)CC[C@@H]2NC(=O)NC2=O)cc1. The number of hydrogen-bond acceptors (Lipinski definition) is 3. The van der Waals surface area contributed by atoms with Gasteiger partial charge in [-0.05, 0) is 30.0 Å². The molecule has 0 radical (unpaired) electrons. The van der Waals surface area contributed by atoms with Crippen molar-refractivity contribution in [1.29, 1.82) is 0 Å². The molecule has 3 N–H and O–H groups in total. The molecule has 1 fully saturated rings. The van der Waals surface area contributed by atoms with E-state index >= 15 is 0 Å². The number of hydrogen-bond donors (Lipinski definition) is 3. The minimum absolute atomic E-state index is 0.171. The van der Waals surface area contributed by atoms with Gasteiger partial charge in [0.1, 0.15) is 6.04 Å². The van der Waals surface area contributed by atoms with E-state index in [9.17, 15) is 14.4 Å².